The fourth-order valence-electron chi connectivity index (χ4n) is 3.50. The van der Waals surface area contributed by atoms with E-state index >= 15 is 0 Å². The van der Waals surface area contributed by atoms with Crippen molar-refractivity contribution in [2.45, 2.75) is 12.0 Å². The van der Waals surface area contributed by atoms with E-state index in [2.05, 4.69) is 10.1 Å². The van der Waals surface area contributed by atoms with Crippen molar-refractivity contribution in [1.29, 1.82) is 0 Å². The number of likely N-dealkylation sites (N-methyl/N-ethyl adjacent to an activating group) is 1. The van der Waals surface area contributed by atoms with Gasteiger partial charge in [-0.2, -0.15) is 5.10 Å². The summed E-state index contributed by atoms with van der Waals surface area (Å²) in [5.41, 5.74) is 5.55. The average Bonchev–Trinajstić information content (AvgIpc) is 3.21. The summed E-state index contributed by atoms with van der Waals surface area (Å²) in [4.78, 5) is 29.9. The number of amides is 2. The highest BCUT2D eigenvalue weighted by atomic mass is 16.5. The summed E-state index contributed by atoms with van der Waals surface area (Å²) in [6.07, 6.45) is 1.78. The first-order valence-corrected chi connectivity index (χ1v) is 8.66. The largest absolute Gasteiger partial charge is 0.481 e. The number of nitrogens with zero attached hydrogens (tertiary/aromatic N) is 4. The Balaban J connectivity index is 1.89. The van der Waals surface area contributed by atoms with E-state index in [1.165, 1.54) is 22.9 Å². The van der Waals surface area contributed by atoms with Crippen molar-refractivity contribution in [2.75, 3.05) is 20.7 Å². The Morgan fingerprint density at radius 1 is 1.36 bits per heavy atom. The third kappa shape index (κ3) is 2.59. The first-order valence-electron chi connectivity index (χ1n) is 8.66. The highest BCUT2D eigenvalue weighted by molar-refractivity contribution is 6.04. The zero-order chi connectivity index (χ0) is 20.1. The van der Waals surface area contributed by atoms with Crippen molar-refractivity contribution >= 4 is 22.7 Å². The maximum Gasteiger partial charge on any atom is 0.269 e. The molecule has 0 aliphatic carbocycles. The number of fused-ring (bicyclic) bond motifs is 1. The van der Waals surface area contributed by atoms with Crippen LogP contribution in [0, 0.1) is 0 Å². The number of ether oxygens (including phenoxy) is 1. The summed E-state index contributed by atoms with van der Waals surface area (Å²) in [5, 5.41) is 15.7. The number of carbonyl (C=O) groups excluding carboxylic acids is 2. The second-order valence-electron chi connectivity index (χ2n) is 6.76. The van der Waals surface area contributed by atoms with Gasteiger partial charge >= 0.3 is 0 Å². The van der Waals surface area contributed by atoms with Crippen LogP contribution in [0.15, 0.2) is 36.5 Å². The lowest BCUT2D eigenvalue weighted by Gasteiger charge is -2.21. The summed E-state index contributed by atoms with van der Waals surface area (Å²) in [5.74, 6) is -0.677. The van der Waals surface area contributed by atoms with E-state index < -0.39 is 11.5 Å². The highest BCUT2D eigenvalue weighted by Crippen LogP contribution is 2.34. The Labute approximate surface area is 160 Å². The molecule has 28 heavy (non-hydrogen) atoms. The number of aliphatic hydroxyl groups is 1. The van der Waals surface area contributed by atoms with E-state index in [1.54, 1.807) is 37.4 Å². The van der Waals surface area contributed by atoms with E-state index in [1.807, 2.05) is 0 Å². The number of hydrogen-bond donors (Lipinski definition) is 2. The average molecular weight is 381 g/mol. The minimum Gasteiger partial charge on any atom is -0.481 e. The fraction of sp³-hybridized carbons (Fsp3) is 0.263. The number of rotatable bonds is 4. The van der Waals surface area contributed by atoms with Crippen molar-refractivity contribution in [2.24, 2.45) is 5.73 Å². The molecule has 3 heterocycles. The molecule has 1 aliphatic heterocycles. The second kappa shape index (κ2) is 6.31. The summed E-state index contributed by atoms with van der Waals surface area (Å²) in [6.45, 7) is 0.471. The lowest BCUT2D eigenvalue weighted by molar-refractivity contribution is -0.143. The number of likely N-dealkylation sites (tertiary alicyclic amines) is 1. The van der Waals surface area contributed by atoms with Crippen LogP contribution in [-0.4, -0.2) is 57.3 Å². The van der Waals surface area contributed by atoms with Crippen LogP contribution in [0.2, 0.25) is 0 Å². The summed E-state index contributed by atoms with van der Waals surface area (Å²) in [6, 6.07) is 8.51. The van der Waals surface area contributed by atoms with Crippen LogP contribution in [0.1, 0.15) is 22.5 Å². The normalized spacial score (nSPS) is 19.4. The van der Waals surface area contributed by atoms with Gasteiger partial charge < -0.3 is 20.5 Å². The Morgan fingerprint density at radius 2 is 2.14 bits per heavy atom. The number of aromatic nitrogens is 3. The van der Waals surface area contributed by atoms with Crippen LogP contribution in [-0.2, 0) is 10.4 Å². The maximum absolute atomic E-state index is 12.4. The molecule has 1 atom stereocenters. The van der Waals surface area contributed by atoms with E-state index in [-0.39, 0.29) is 11.6 Å². The summed E-state index contributed by atoms with van der Waals surface area (Å²) < 4.78 is 6.69. The van der Waals surface area contributed by atoms with Gasteiger partial charge in [-0.1, -0.05) is 12.1 Å². The molecule has 3 N–H and O–H groups in total. The Hall–Kier alpha value is -3.46. The predicted molar refractivity (Wildman–Crippen MR) is 100 cm³/mol. The zero-order valence-corrected chi connectivity index (χ0v) is 15.4. The molecule has 1 aliphatic rings. The molecule has 1 fully saturated rings. The quantitative estimate of drug-likeness (QED) is 0.681. The topological polar surface area (TPSA) is 124 Å². The van der Waals surface area contributed by atoms with Gasteiger partial charge in [0.25, 0.3) is 11.8 Å². The van der Waals surface area contributed by atoms with Gasteiger partial charge in [-0.15, -0.1) is 0 Å². The minimum atomic E-state index is -1.58. The first kappa shape index (κ1) is 17.9. The van der Waals surface area contributed by atoms with E-state index in [0.29, 0.717) is 41.0 Å². The van der Waals surface area contributed by atoms with Crippen molar-refractivity contribution in [3.05, 3.63) is 47.8 Å². The van der Waals surface area contributed by atoms with Crippen molar-refractivity contribution in [3.63, 3.8) is 0 Å². The molecule has 0 bridgehead atoms. The molecule has 0 spiro atoms. The molecule has 0 saturated carbocycles. The fourth-order valence-corrected chi connectivity index (χ4v) is 3.50. The number of hydrogen-bond acceptors (Lipinski definition) is 6. The molecule has 4 rings (SSSR count). The van der Waals surface area contributed by atoms with Gasteiger partial charge in [0.1, 0.15) is 0 Å². The highest BCUT2D eigenvalue weighted by Gasteiger charge is 2.45. The molecule has 2 aromatic heterocycles. The van der Waals surface area contributed by atoms with Gasteiger partial charge in [0.05, 0.1) is 23.7 Å². The molecule has 1 saturated heterocycles. The summed E-state index contributed by atoms with van der Waals surface area (Å²) in [7, 11) is 3.14. The molecule has 1 unspecified atom stereocenters. The van der Waals surface area contributed by atoms with Gasteiger partial charge in [0.2, 0.25) is 5.88 Å². The first-order chi connectivity index (χ1) is 13.3. The van der Waals surface area contributed by atoms with Crippen LogP contribution in [0.25, 0.3) is 16.6 Å². The molecule has 9 heteroatoms. The second-order valence-corrected chi connectivity index (χ2v) is 6.76. The maximum atomic E-state index is 12.4. The molecule has 1 aromatic carbocycles. The van der Waals surface area contributed by atoms with Gasteiger partial charge in [0, 0.05) is 32.3 Å². The van der Waals surface area contributed by atoms with Crippen LogP contribution >= 0.6 is 0 Å². The van der Waals surface area contributed by atoms with Crippen LogP contribution < -0.4 is 10.5 Å². The SMILES string of the molecule is COc1cc2c(cn1)c(C(N)=O)nn2-c1cccc(C2(O)CCN(C)C2=O)c1. The monoisotopic (exact) mass is 381 g/mol. The molecule has 2 amide bonds. The molecule has 3 aromatic rings. The molecule has 9 nitrogen and oxygen atoms in total. The van der Waals surface area contributed by atoms with E-state index in [0.717, 1.165) is 0 Å². The van der Waals surface area contributed by atoms with Crippen LogP contribution in [0.5, 0.6) is 5.88 Å². The Kier molecular flexibility index (Phi) is 4.04. The van der Waals surface area contributed by atoms with Gasteiger partial charge in [-0.3, -0.25) is 9.59 Å². The zero-order valence-electron chi connectivity index (χ0n) is 15.4. The Bertz CT molecular complexity index is 1110. The number of primary amides is 1. The van der Waals surface area contributed by atoms with Crippen LogP contribution in [0.4, 0.5) is 0 Å². The van der Waals surface area contributed by atoms with Crippen molar-refractivity contribution < 1.29 is 19.4 Å². The van der Waals surface area contributed by atoms with E-state index in [9.17, 15) is 14.7 Å². The number of methoxy groups -OCH3 is 1. The smallest absolute Gasteiger partial charge is 0.269 e. The molecular formula is C19H19N5O4. The third-order valence-corrected chi connectivity index (χ3v) is 5.06. The minimum absolute atomic E-state index is 0.0749. The predicted octanol–water partition coefficient (Wildman–Crippen LogP) is 0.578. The Morgan fingerprint density at radius 3 is 2.79 bits per heavy atom. The molecule has 144 valence electrons. The van der Waals surface area contributed by atoms with Gasteiger partial charge in [0.15, 0.2) is 11.3 Å². The molecular weight excluding hydrogens is 362 g/mol. The standard InChI is InChI=1S/C19H19N5O4/c1-23-7-6-19(27,18(23)26)11-4-3-5-12(8-11)24-14-9-15(28-2)21-10-13(14)16(22-24)17(20)25/h3-5,8-10,27H,6-7H2,1-2H3,(H2,20,25). The van der Waals surface area contributed by atoms with E-state index in [4.69, 9.17) is 10.5 Å². The van der Waals surface area contributed by atoms with Crippen molar-refractivity contribution in [3.8, 4) is 11.6 Å². The van der Waals surface area contributed by atoms with Gasteiger partial charge in [-0.25, -0.2) is 9.67 Å². The lowest BCUT2D eigenvalue weighted by Crippen LogP contribution is -2.36. The number of benzene rings is 1. The van der Waals surface area contributed by atoms with Gasteiger partial charge in [-0.05, 0) is 17.7 Å². The number of nitrogens with two attached hydrogens (primary N) is 1. The van der Waals surface area contributed by atoms with Crippen molar-refractivity contribution in [1.82, 2.24) is 19.7 Å². The van der Waals surface area contributed by atoms with Crippen LogP contribution in [0.3, 0.4) is 0 Å². The third-order valence-electron chi connectivity index (χ3n) is 5.06. The number of pyridine rings is 1. The lowest BCUT2D eigenvalue weighted by atomic mass is 9.92. The number of carbonyl (C=O) groups is 2. The molecule has 0 radical (unpaired) electrons. The summed E-state index contributed by atoms with van der Waals surface area (Å²) >= 11 is 0.